The Balaban J connectivity index is 3.11. The first-order chi connectivity index (χ1) is 9.11. The van der Waals surface area contributed by atoms with Gasteiger partial charge < -0.3 is 4.74 Å². The van der Waals surface area contributed by atoms with Gasteiger partial charge in [-0.2, -0.15) is 0 Å². The first-order valence-electron chi connectivity index (χ1n) is 7.45. The van der Waals surface area contributed by atoms with Crippen LogP contribution in [0.5, 0.6) is 0 Å². The maximum absolute atomic E-state index is 12.2. The van der Waals surface area contributed by atoms with E-state index in [4.69, 9.17) is 4.74 Å². The van der Waals surface area contributed by atoms with Crippen LogP contribution in [0.1, 0.15) is 77.0 Å². The second kappa shape index (κ2) is 6.43. The van der Waals surface area contributed by atoms with Crippen LogP contribution in [0, 0.1) is 0 Å². The van der Waals surface area contributed by atoms with E-state index in [0.29, 0.717) is 18.3 Å². The van der Waals surface area contributed by atoms with Crippen LogP contribution in [0.15, 0.2) is 18.2 Å². The maximum atomic E-state index is 12.2. The van der Waals surface area contributed by atoms with Gasteiger partial charge in [0.2, 0.25) is 0 Å². The molecule has 1 rings (SSSR count). The lowest BCUT2D eigenvalue weighted by Gasteiger charge is -2.22. The van der Waals surface area contributed by atoms with Crippen LogP contribution >= 0.6 is 0 Å². The van der Waals surface area contributed by atoms with Gasteiger partial charge in [0.25, 0.3) is 0 Å². The Labute approximate surface area is 123 Å². The minimum Gasteiger partial charge on any atom is -0.460 e. The zero-order chi connectivity index (χ0) is 15.5. The van der Waals surface area contributed by atoms with Crippen molar-refractivity contribution in [2.24, 2.45) is 0 Å². The third-order valence-electron chi connectivity index (χ3n) is 3.23. The van der Waals surface area contributed by atoms with Crippen LogP contribution in [0.4, 0.5) is 0 Å². The molecule has 2 heteroatoms. The zero-order valence-corrected chi connectivity index (χ0v) is 13.9. The zero-order valence-electron chi connectivity index (χ0n) is 13.9. The van der Waals surface area contributed by atoms with E-state index in [1.54, 1.807) is 0 Å². The fraction of sp³-hybridized carbons (Fsp3) is 0.611. The molecule has 1 aromatic rings. The van der Waals surface area contributed by atoms with Crippen LogP contribution in [-0.2, 0) is 16.0 Å². The summed E-state index contributed by atoms with van der Waals surface area (Å²) >= 11 is 0. The molecule has 0 saturated heterocycles. The molecule has 0 atom stereocenters. The largest absolute Gasteiger partial charge is 0.460 e. The molecule has 0 aliphatic heterocycles. The number of benzene rings is 1. The van der Waals surface area contributed by atoms with Crippen molar-refractivity contribution >= 4 is 5.97 Å². The Bertz CT molecular complexity index is 439. The summed E-state index contributed by atoms with van der Waals surface area (Å²) in [6, 6.07) is 6.33. The predicted octanol–water partition coefficient (Wildman–Crippen LogP) is 4.82. The number of ether oxygens (including phenoxy) is 1. The van der Waals surface area contributed by atoms with Gasteiger partial charge in [-0.1, -0.05) is 45.9 Å². The summed E-state index contributed by atoms with van der Waals surface area (Å²) in [6.45, 7) is 14.4. The minimum absolute atomic E-state index is 0.146. The average molecular weight is 276 g/mol. The maximum Gasteiger partial charge on any atom is 0.310 e. The van der Waals surface area contributed by atoms with Crippen molar-refractivity contribution in [2.45, 2.75) is 72.3 Å². The highest BCUT2D eigenvalue weighted by atomic mass is 16.6. The van der Waals surface area contributed by atoms with Crippen molar-refractivity contribution in [3.05, 3.63) is 34.9 Å². The number of hydrogen-bond donors (Lipinski definition) is 0. The van der Waals surface area contributed by atoms with Crippen molar-refractivity contribution in [3.63, 3.8) is 0 Å². The molecule has 1 aromatic carbocycles. The minimum atomic E-state index is -0.429. The van der Waals surface area contributed by atoms with E-state index in [1.807, 2.05) is 20.8 Å². The summed E-state index contributed by atoms with van der Waals surface area (Å²) < 4.78 is 5.47. The number of carbonyl (C=O) groups excluding carboxylic acids is 1. The SMILES string of the molecule is CC(C)c1cccc(C(C)C)c1CC(=O)OC(C)(C)C. The van der Waals surface area contributed by atoms with Gasteiger partial charge in [-0.05, 0) is 49.3 Å². The molecule has 0 fully saturated rings. The highest BCUT2D eigenvalue weighted by Crippen LogP contribution is 2.28. The van der Waals surface area contributed by atoms with Crippen LogP contribution in [-0.4, -0.2) is 11.6 Å². The van der Waals surface area contributed by atoms with Gasteiger partial charge in [-0.15, -0.1) is 0 Å². The monoisotopic (exact) mass is 276 g/mol. The average Bonchev–Trinajstić information content (AvgIpc) is 2.25. The van der Waals surface area contributed by atoms with Gasteiger partial charge in [0.05, 0.1) is 6.42 Å². The van der Waals surface area contributed by atoms with Gasteiger partial charge in [-0.25, -0.2) is 0 Å². The Kier molecular flexibility index (Phi) is 5.38. The van der Waals surface area contributed by atoms with Crippen LogP contribution in [0.25, 0.3) is 0 Å². The van der Waals surface area contributed by atoms with Crippen LogP contribution < -0.4 is 0 Å². The van der Waals surface area contributed by atoms with Crippen LogP contribution in [0.2, 0.25) is 0 Å². The lowest BCUT2D eigenvalue weighted by Crippen LogP contribution is -2.25. The second-order valence-corrected chi connectivity index (χ2v) is 6.99. The van der Waals surface area contributed by atoms with Gasteiger partial charge in [0, 0.05) is 0 Å². The molecule has 112 valence electrons. The van der Waals surface area contributed by atoms with Gasteiger partial charge in [-0.3, -0.25) is 4.79 Å². The molecule has 20 heavy (non-hydrogen) atoms. The van der Waals surface area contributed by atoms with Gasteiger partial charge >= 0.3 is 5.97 Å². The molecule has 0 heterocycles. The summed E-state index contributed by atoms with van der Waals surface area (Å²) in [5, 5.41) is 0. The molecule has 2 nitrogen and oxygen atoms in total. The smallest absolute Gasteiger partial charge is 0.310 e. The van der Waals surface area contributed by atoms with E-state index in [9.17, 15) is 4.79 Å². The summed E-state index contributed by atoms with van der Waals surface area (Å²) in [5.74, 6) is 0.671. The van der Waals surface area contributed by atoms with E-state index in [-0.39, 0.29) is 5.97 Å². The van der Waals surface area contributed by atoms with Crippen molar-refractivity contribution in [1.82, 2.24) is 0 Å². The second-order valence-electron chi connectivity index (χ2n) is 6.99. The van der Waals surface area contributed by atoms with Crippen LogP contribution in [0.3, 0.4) is 0 Å². The molecule has 0 aliphatic carbocycles. The summed E-state index contributed by atoms with van der Waals surface area (Å²) in [5.41, 5.74) is 3.22. The Morgan fingerprint density at radius 2 is 1.50 bits per heavy atom. The molecule has 0 bridgehead atoms. The molecular weight excluding hydrogens is 248 g/mol. The van der Waals surface area contributed by atoms with E-state index in [2.05, 4.69) is 45.9 Å². The molecule has 0 aliphatic rings. The fourth-order valence-electron chi connectivity index (χ4n) is 2.43. The predicted molar refractivity (Wildman–Crippen MR) is 84.2 cm³/mol. The van der Waals surface area contributed by atoms with E-state index in [0.717, 1.165) is 5.56 Å². The normalized spacial score (nSPS) is 12.1. The lowest BCUT2D eigenvalue weighted by atomic mass is 9.87. The number of esters is 1. The molecule has 0 unspecified atom stereocenters. The van der Waals surface area contributed by atoms with Gasteiger partial charge in [0.15, 0.2) is 0 Å². The number of rotatable bonds is 4. The van der Waals surface area contributed by atoms with E-state index >= 15 is 0 Å². The van der Waals surface area contributed by atoms with E-state index in [1.165, 1.54) is 11.1 Å². The fourth-order valence-corrected chi connectivity index (χ4v) is 2.43. The van der Waals surface area contributed by atoms with Crippen molar-refractivity contribution in [1.29, 1.82) is 0 Å². The Morgan fingerprint density at radius 1 is 1.05 bits per heavy atom. The first-order valence-corrected chi connectivity index (χ1v) is 7.45. The standard InChI is InChI=1S/C18H28O2/c1-12(2)14-9-8-10-15(13(3)4)16(14)11-17(19)20-18(5,6)7/h8-10,12-13H,11H2,1-7H3. The molecule has 0 spiro atoms. The molecule has 0 radical (unpaired) electrons. The molecule has 0 amide bonds. The molecule has 0 aromatic heterocycles. The topological polar surface area (TPSA) is 26.3 Å². The summed E-state index contributed by atoms with van der Waals surface area (Å²) in [4.78, 5) is 12.2. The highest BCUT2D eigenvalue weighted by molar-refractivity contribution is 5.74. The summed E-state index contributed by atoms with van der Waals surface area (Å²) in [7, 11) is 0. The molecule has 0 N–H and O–H groups in total. The summed E-state index contributed by atoms with van der Waals surface area (Å²) in [6.07, 6.45) is 0.360. The van der Waals surface area contributed by atoms with Gasteiger partial charge in [0.1, 0.15) is 5.60 Å². The van der Waals surface area contributed by atoms with E-state index < -0.39 is 5.60 Å². The quantitative estimate of drug-likeness (QED) is 0.737. The van der Waals surface area contributed by atoms with Crippen molar-refractivity contribution in [3.8, 4) is 0 Å². The van der Waals surface area contributed by atoms with Crippen molar-refractivity contribution in [2.75, 3.05) is 0 Å². The third kappa shape index (κ3) is 4.66. The number of hydrogen-bond acceptors (Lipinski definition) is 2. The number of carbonyl (C=O) groups is 1. The molecular formula is C18H28O2. The Hall–Kier alpha value is -1.31. The lowest BCUT2D eigenvalue weighted by molar-refractivity contribution is -0.153. The highest BCUT2D eigenvalue weighted by Gasteiger charge is 2.21. The van der Waals surface area contributed by atoms with Crippen molar-refractivity contribution < 1.29 is 9.53 Å². The Morgan fingerprint density at radius 3 is 1.85 bits per heavy atom. The first kappa shape index (κ1) is 16.7. The third-order valence-corrected chi connectivity index (χ3v) is 3.23. The molecule has 0 saturated carbocycles.